The van der Waals surface area contributed by atoms with Gasteiger partial charge in [-0.3, -0.25) is 4.90 Å². The third-order valence-corrected chi connectivity index (χ3v) is 4.83. The summed E-state index contributed by atoms with van der Waals surface area (Å²) in [6, 6.07) is 8.09. The van der Waals surface area contributed by atoms with Crippen molar-refractivity contribution in [3.05, 3.63) is 34.9 Å². The molecule has 1 N–H and O–H groups in total. The Morgan fingerprint density at radius 1 is 1.25 bits per heavy atom. The van der Waals surface area contributed by atoms with Crippen molar-refractivity contribution in [2.75, 3.05) is 19.6 Å². The Kier molecular flexibility index (Phi) is 5.62. The molecule has 2 unspecified atom stereocenters. The molecule has 2 rings (SSSR count). The summed E-state index contributed by atoms with van der Waals surface area (Å²) in [4.78, 5) is 2.60. The molecule has 112 valence electrons. The molecule has 1 heterocycles. The maximum absolute atomic E-state index is 3.67. The van der Waals surface area contributed by atoms with Crippen LogP contribution in [0.1, 0.15) is 55.8 Å². The Morgan fingerprint density at radius 3 is 2.65 bits per heavy atom. The largest absolute Gasteiger partial charge is 0.313 e. The van der Waals surface area contributed by atoms with E-state index in [4.69, 9.17) is 0 Å². The first-order valence-corrected chi connectivity index (χ1v) is 8.16. The van der Waals surface area contributed by atoms with E-state index in [9.17, 15) is 0 Å². The number of rotatable bonds is 5. The van der Waals surface area contributed by atoms with E-state index in [0.717, 1.165) is 6.54 Å². The molecule has 0 spiro atoms. The fraction of sp³-hybridized carbons (Fsp3) is 0.667. The minimum absolute atomic E-state index is 0.503. The molecule has 1 saturated heterocycles. The summed E-state index contributed by atoms with van der Waals surface area (Å²) in [6.45, 7) is 12.5. The van der Waals surface area contributed by atoms with Gasteiger partial charge in [0, 0.05) is 18.6 Å². The second-order valence-corrected chi connectivity index (χ2v) is 6.25. The molecule has 2 nitrogen and oxygen atoms in total. The first kappa shape index (κ1) is 15.5. The van der Waals surface area contributed by atoms with Crippen LogP contribution >= 0.6 is 0 Å². The van der Waals surface area contributed by atoms with Gasteiger partial charge in [-0.25, -0.2) is 0 Å². The molecule has 0 saturated carbocycles. The van der Waals surface area contributed by atoms with Gasteiger partial charge in [-0.1, -0.05) is 31.5 Å². The van der Waals surface area contributed by atoms with Gasteiger partial charge in [-0.2, -0.15) is 0 Å². The highest BCUT2D eigenvalue weighted by atomic mass is 15.2. The van der Waals surface area contributed by atoms with Crippen molar-refractivity contribution in [3.8, 4) is 0 Å². The summed E-state index contributed by atoms with van der Waals surface area (Å²) in [5, 5.41) is 3.67. The van der Waals surface area contributed by atoms with Crippen molar-refractivity contribution in [2.45, 2.75) is 59.0 Å². The van der Waals surface area contributed by atoms with E-state index in [0.29, 0.717) is 12.1 Å². The number of likely N-dealkylation sites (N-methyl/N-ethyl adjacent to an activating group) is 1. The zero-order valence-electron chi connectivity index (χ0n) is 13.6. The molecule has 0 aromatic heterocycles. The van der Waals surface area contributed by atoms with E-state index < -0.39 is 0 Å². The molecule has 1 fully saturated rings. The van der Waals surface area contributed by atoms with Crippen molar-refractivity contribution >= 4 is 0 Å². The van der Waals surface area contributed by atoms with Crippen molar-refractivity contribution in [1.82, 2.24) is 10.2 Å². The molecule has 20 heavy (non-hydrogen) atoms. The summed E-state index contributed by atoms with van der Waals surface area (Å²) in [5.74, 6) is 0. The number of nitrogens with one attached hydrogen (secondary N) is 1. The lowest BCUT2D eigenvalue weighted by molar-refractivity contribution is 0.184. The summed E-state index contributed by atoms with van der Waals surface area (Å²) in [5.41, 5.74) is 4.24. The van der Waals surface area contributed by atoms with Crippen LogP contribution in [0.3, 0.4) is 0 Å². The van der Waals surface area contributed by atoms with Gasteiger partial charge in [0.2, 0.25) is 0 Å². The zero-order chi connectivity index (χ0) is 14.5. The number of hydrogen-bond donors (Lipinski definition) is 1. The highest BCUT2D eigenvalue weighted by Crippen LogP contribution is 2.23. The normalized spacial score (nSPS) is 21.1. The molecule has 1 aromatic rings. The van der Waals surface area contributed by atoms with E-state index in [1.807, 2.05) is 0 Å². The molecule has 1 aromatic carbocycles. The van der Waals surface area contributed by atoms with Crippen molar-refractivity contribution in [1.29, 1.82) is 0 Å². The van der Waals surface area contributed by atoms with Gasteiger partial charge in [0.25, 0.3) is 0 Å². The van der Waals surface area contributed by atoms with Gasteiger partial charge < -0.3 is 5.32 Å². The van der Waals surface area contributed by atoms with Crippen LogP contribution in [0.2, 0.25) is 0 Å². The zero-order valence-corrected chi connectivity index (χ0v) is 13.6. The Balaban J connectivity index is 2.03. The van der Waals surface area contributed by atoms with Gasteiger partial charge in [0.05, 0.1) is 0 Å². The molecule has 0 amide bonds. The van der Waals surface area contributed by atoms with Gasteiger partial charge in [-0.15, -0.1) is 0 Å². The van der Waals surface area contributed by atoms with Crippen LogP contribution in [0.4, 0.5) is 0 Å². The Morgan fingerprint density at radius 2 is 2.05 bits per heavy atom. The average Bonchev–Trinajstić information content (AvgIpc) is 2.48. The van der Waals surface area contributed by atoms with Gasteiger partial charge in [-0.05, 0) is 63.4 Å². The molecule has 2 heteroatoms. The number of aryl methyl sites for hydroxylation is 2. The second kappa shape index (κ2) is 7.24. The summed E-state index contributed by atoms with van der Waals surface area (Å²) in [7, 11) is 0. The van der Waals surface area contributed by atoms with Crippen LogP contribution in [-0.4, -0.2) is 30.6 Å². The van der Waals surface area contributed by atoms with E-state index >= 15 is 0 Å². The topological polar surface area (TPSA) is 15.3 Å². The summed E-state index contributed by atoms with van der Waals surface area (Å²) in [6.07, 6.45) is 4.05. The molecular formula is C18H30N2. The maximum atomic E-state index is 3.67. The van der Waals surface area contributed by atoms with Crippen LogP contribution in [0.5, 0.6) is 0 Å². The van der Waals surface area contributed by atoms with Gasteiger partial charge >= 0.3 is 0 Å². The highest BCUT2D eigenvalue weighted by Gasteiger charge is 2.20. The van der Waals surface area contributed by atoms with Gasteiger partial charge in [0.1, 0.15) is 0 Å². The Hall–Kier alpha value is -0.860. The third-order valence-electron chi connectivity index (χ3n) is 4.83. The van der Waals surface area contributed by atoms with E-state index in [1.165, 1.54) is 49.0 Å². The van der Waals surface area contributed by atoms with Crippen molar-refractivity contribution in [2.24, 2.45) is 0 Å². The summed E-state index contributed by atoms with van der Waals surface area (Å²) < 4.78 is 0. The van der Waals surface area contributed by atoms with Crippen LogP contribution in [0.15, 0.2) is 18.2 Å². The Labute approximate surface area is 124 Å². The lowest BCUT2D eigenvalue weighted by atomic mass is 9.99. The van der Waals surface area contributed by atoms with Crippen LogP contribution in [0, 0.1) is 13.8 Å². The molecular weight excluding hydrogens is 244 g/mol. The third kappa shape index (κ3) is 3.83. The van der Waals surface area contributed by atoms with Crippen LogP contribution in [-0.2, 0) is 0 Å². The van der Waals surface area contributed by atoms with Crippen LogP contribution in [0.25, 0.3) is 0 Å². The number of piperidine rings is 1. The van der Waals surface area contributed by atoms with Crippen molar-refractivity contribution < 1.29 is 0 Å². The quantitative estimate of drug-likeness (QED) is 0.878. The van der Waals surface area contributed by atoms with E-state index in [1.54, 1.807) is 0 Å². The van der Waals surface area contributed by atoms with Crippen molar-refractivity contribution in [3.63, 3.8) is 0 Å². The minimum Gasteiger partial charge on any atom is -0.313 e. The number of benzene rings is 1. The first-order valence-electron chi connectivity index (χ1n) is 8.16. The molecule has 1 aliphatic heterocycles. The molecule has 0 radical (unpaired) electrons. The van der Waals surface area contributed by atoms with E-state index in [2.05, 4.69) is 56.1 Å². The average molecular weight is 274 g/mol. The van der Waals surface area contributed by atoms with Gasteiger partial charge in [0.15, 0.2) is 0 Å². The molecule has 0 bridgehead atoms. The number of nitrogens with zero attached hydrogens (tertiary/aromatic N) is 1. The van der Waals surface area contributed by atoms with Crippen LogP contribution < -0.4 is 5.32 Å². The van der Waals surface area contributed by atoms with E-state index in [-0.39, 0.29) is 0 Å². The lowest BCUT2D eigenvalue weighted by Crippen LogP contribution is -2.44. The molecule has 1 aliphatic rings. The summed E-state index contributed by atoms with van der Waals surface area (Å²) >= 11 is 0. The predicted octanol–water partition coefficient (Wildman–Crippen LogP) is 3.83. The molecule has 2 atom stereocenters. The predicted molar refractivity (Wildman–Crippen MR) is 87.2 cm³/mol. The smallest absolute Gasteiger partial charge is 0.0320 e. The highest BCUT2D eigenvalue weighted by molar-refractivity contribution is 5.31. The minimum atomic E-state index is 0.503. The Bertz CT molecular complexity index is 421. The lowest BCUT2D eigenvalue weighted by Gasteiger charge is -2.34. The second-order valence-electron chi connectivity index (χ2n) is 6.25. The SMILES string of the molecule is CCN(CC1CCCCN1)C(C)c1ccc(C)c(C)c1. The maximum Gasteiger partial charge on any atom is 0.0320 e. The fourth-order valence-electron chi connectivity index (χ4n) is 3.16. The number of hydrogen-bond acceptors (Lipinski definition) is 2. The first-order chi connectivity index (χ1) is 9.61. The monoisotopic (exact) mass is 274 g/mol. The standard InChI is InChI=1S/C18H30N2/c1-5-20(13-18-8-6-7-11-19-18)16(4)17-10-9-14(2)15(3)12-17/h9-10,12,16,18-19H,5-8,11,13H2,1-4H3. The fourth-order valence-corrected chi connectivity index (χ4v) is 3.16. The molecule has 0 aliphatic carbocycles.